The van der Waals surface area contributed by atoms with Gasteiger partial charge in [0.1, 0.15) is 0 Å². The fourth-order valence-corrected chi connectivity index (χ4v) is 4.36. The average Bonchev–Trinajstić information content (AvgIpc) is 2.49. The van der Waals surface area contributed by atoms with Crippen LogP contribution in [0.15, 0.2) is 29.2 Å². The predicted octanol–water partition coefficient (Wildman–Crippen LogP) is 1.50. The third kappa shape index (κ3) is 3.63. The molecule has 2 unspecified atom stereocenters. The zero-order chi connectivity index (χ0) is 15.5. The van der Waals surface area contributed by atoms with Crippen LogP contribution in [0.5, 0.6) is 0 Å². The Morgan fingerprint density at radius 1 is 1.48 bits per heavy atom. The molecule has 0 spiro atoms. The number of aliphatic hydroxyl groups is 1. The Labute approximate surface area is 127 Å². The van der Waals surface area contributed by atoms with Gasteiger partial charge in [-0.15, -0.1) is 0 Å². The zero-order valence-corrected chi connectivity index (χ0v) is 13.4. The highest BCUT2D eigenvalue weighted by atomic mass is 32.2. The molecule has 0 bridgehead atoms. The maximum absolute atomic E-state index is 12.7. The first-order valence-electron chi connectivity index (χ1n) is 7.44. The van der Waals surface area contributed by atoms with Crippen LogP contribution in [-0.2, 0) is 10.0 Å². The lowest BCUT2D eigenvalue weighted by atomic mass is 10.1. The van der Waals surface area contributed by atoms with E-state index in [9.17, 15) is 13.5 Å². The topological polar surface area (TPSA) is 69.6 Å². The summed E-state index contributed by atoms with van der Waals surface area (Å²) < 4.78 is 26.7. The quantitative estimate of drug-likeness (QED) is 0.864. The van der Waals surface area contributed by atoms with Crippen LogP contribution in [0, 0.1) is 0 Å². The first kappa shape index (κ1) is 16.4. The second kappa shape index (κ2) is 6.87. The molecule has 1 heterocycles. The monoisotopic (exact) mass is 312 g/mol. The van der Waals surface area contributed by atoms with Crippen molar-refractivity contribution in [2.24, 2.45) is 0 Å². The molecular weight excluding hydrogens is 288 g/mol. The van der Waals surface area contributed by atoms with Crippen LogP contribution in [0.1, 0.15) is 37.8 Å². The molecular formula is C15H24N2O3S. The van der Waals surface area contributed by atoms with Gasteiger partial charge in [-0.1, -0.05) is 19.1 Å². The van der Waals surface area contributed by atoms with Crippen LogP contribution in [0.3, 0.4) is 0 Å². The van der Waals surface area contributed by atoms with Crippen LogP contribution in [0.2, 0.25) is 0 Å². The van der Waals surface area contributed by atoms with Gasteiger partial charge in [0.15, 0.2) is 0 Å². The minimum atomic E-state index is -3.52. The van der Waals surface area contributed by atoms with E-state index in [1.165, 1.54) is 4.31 Å². The van der Waals surface area contributed by atoms with E-state index < -0.39 is 16.1 Å². The second-order valence-electron chi connectivity index (χ2n) is 5.48. The number of sulfonamides is 1. The Hall–Kier alpha value is -0.950. The first-order valence-corrected chi connectivity index (χ1v) is 8.88. The lowest BCUT2D eigenvalue weighted by Crippen LogP contribution is -2.42. The molecule has 0 saturated carbocycles. The van der Waals surface area contributed by atoms with Crippen molar-refractivity contribution in [1.82, 2.24) is 9.62 Å². The molecule has 2 rings (SSSR count). The molecule has 0 aromatic heterocycles. The van der Waals surface area contributed by atoms with Crippen molar-refractivity contribution in [3.05, 3.63) is 29.8 Å². The highest BCUT2D eigenvalue weighted by Crippen LogP contribution is 2.24. The summed E-state index contributed by atoms with van der Waals surface area (Å²) in [7, 11) is -1.65. The molecule has 0 aliphatic carbocycles. The van der Waals surface area contributed by atoms with Gasteiger partial charge in [-0.2, -0.15) is 4.31 Å². The molecule has 1 saturated heterocycles. The van der Waals surface area contributed by atoms with Crippen LogP contribution < -0.4 is 5.32 Å². The van der Waals surface area contributed by atoms with Crippen molar-refractivity contribution in [3.8, 4) is 0 Å². The Bertz CT molecular complexity index is 570. The highest BCUT2D eigenvalue weighted by Gasteiger charge is 2.29. The SMILES string of the molecule is CCC(NC)c1cccc(S(=O)(=O)N2CCCC(O)C2)c1. The van der Waals surface area contributed by atoms with Crippen molar-refractivity contribution in [1.29, 1.82) is 0 Å². The fraction of sp³-hybridized carbons (Fsp3) is 0.600. The molecule has 1 aliphatic rings. The summed E-state index contributed by atoms with van der Waals surface area (Å²) in [5.41, 5.74) is 0.971. The molecule has 118 valence electrons. The Morgan fingerprint density at radius 3 is 2.86 bits per heavy atom. The van der Waals surface area contributed by atoms with E-state index in [2.05, 4.69) is 12.2 Å². The third-order valence-corrected chi connectivity index (χ3v) is 5.88. The van der Waals surface area contributed by atoms with E-state index in [0.717, 1.165) is 12.0 Å². The van der Waals surface area contributed by atoms with Gasteiger partial charge in [0.25, 0.3) is 0 Å². The average molecular weight is 312 g/mol. The number of nitrogens with one attached hydrogen (secondary N) is 1. The summed E-state index contributed by atoms with van der Waals surface area (Å²) >= 11 is 0. The number of rotatable bonds is 5. The van der Waals surface area contributed by atoms with Crippen molar-refractivity contribution < 1.29 is 13.5 Å². The standard InChI is InChI=1S/C15H24N2O3S/c1-3-15(16-2)12-6-4-8-14(10-12)21(19,20)17-9-5-7-13(18)11-17/h4,6,8,10,13,15-16,18H,3,5,7,9,11H2,1-2H3. The summed E-state index contributed by atoms with van der Waals surface area (Å²) in [5.74, 6) is 0. The number of benzene rings is 1. The predicted molar refractivity (Wildman–Crippen MR) is 82.5 cm³/mol. The molecule has 21 heavy (non-hydrogen) atoms. The Kier molecular flexibility index (Phi) is 5.37. The summed E-state index contributed by atoms with van der Waals surface area (Å²) in [6, 6.07) is 7.23. The van der Waals surface area contributed by atoms with Crippen LogP contribution in [-0.4, -0.2) is 44.1 Å². The minimum Gasteiger partial charge on any atom is -0.392 e. The zero-order valence-electron chi connectivity index (χ0n) is 12.6. The fourth-order valence-electron chi connectivity index (χ4n) is 2.79. The molecule has 2 N–H and O–H groups in total. The number of aliphatic hydroxyl groups excluding tert-OH is 1. The summed E-state index contributed by atoms with van der Waals surface area (Å²) in [5, 5.41) is 12.9. The molecule has 2 atom stereocenters. The number of piperidine rings is 1. The van der Waals surface area contributed by atoms with Crippen LogP contribution in [0.25, 0.3) is 0 Å². The lowest BCUT2D eigenvalue weighted by Gasteiger charge is -2.29. The van der Waals surface area contributed by atoms with Crippen molar-refractivity contribution in [2.45, 2.75) is 43.2 Å². The number of nitrogens with zero attached hydrogens (tertiary/aromatic N) is 1. The van der Waals surface area contributed by atoms with E-state index in [1.54, 1.807) is 18.2 Å². The molecule has 0 amide bonds. The van der Waals surface area contributed by atoms with Crippen molar-refractivity contribution in [3.63, 3.8) is 0 Å². The van der Waals surface area contributed by atoms with Gasteiger partial charge in [-0.25, -0.2) is 8.42 Å². The van der Waals surface area contributed by atoms with Crippen LogP contribution >= 0.6 is 0 Å². The third-order valence-electron chi connectivity index (χ3n) is 4.01. The first-order chi connectivity index (χ1) is 9.98. The number of hydrogen-bond acceptors (Lipinski definition) is 4. The van der Waals surface area contributed by atoms with Gasteiger partial charge in [0.05, 0.1) is 11.0 Å². The van der Waals surface area contributed by atoms with Gasteiger partial charge in [0, 0.05) is 19.1 Å². The molecule has 1 aromatic rings. The number of hydrogen-bond donors (Lipinski definition) is 2. The van der Waals surface area contributed by atoms with Gasteiger partial charge < -0.3 is 10.4 Å². The van der Waals surface area contributed by atoms with Gasteiger partial charge in [0.2, 0.25) is 10.0 Å². The Balaban J connectivity index is 2.29. The normalized spacial score (nSPS) is 22.1. The lowest BCUT2D eigenvalue weighted by molar-refractivity contribution is 0.108. The van der Waals surface area contributed by atoms with E-state index in [0.29, 0.717) is 24.3 Å². The van der Waals surface area contributed by atoms with E-state index >= 15 is 0 Å². The van der Waals surface area contributed by atoms with E-state index in [1.807, 2.05) is 13.1 Å². The maximum atomic E-state index is 12.7. The van der Waals surface area contributed by atoms with E-state index in [-0.39, 0.29) is 12.6 Å². The highest BCUT2D eigenvalue weighted by molar-refractivity contribution is 7.89. The minimum absolute atomic E-state index is 0.145. The molecule has 0 radical (unpaired) electrons. The van der Waals surface area contributed by atoms with Gasteiger partial charge in [-0.05, 0) is 44.0 Å². The van der Waals surface area contributed by atoms with Gasteiger partial charge >= 0.3 is 0 Å². The molecule has 6 heteroatoms. The summed E-state index contributed by atoms with van der Waals surface area (Å²) in [4.78, 5) is 0.308. The second-order valence-corrected chi connectivity index (χ2v) is 7.42. The molecule has 1 aromatic carbocycles. The van der Waals surface area contributed by atoms with E-state index in [4.69, 9.17) is 0 Å². The van der Waals surface area contributed by atoms with Crippen LogP contribution in [0.4, 0.5) is 0 Å². The maximum Gasteiger partial charge on any atom is 0.243 e. The van der Waals surface area contributed by atoms with Gasteiger partial charge in [-0.3, -0.25) is 0 Å². The molecule has 5 nitrogen and oxygen atoms in total. The summed E-state index contributed by atoms with van der Waals surface area (Å²) in [6.07, 6.45) is 1.71. The molecule has 1 aliphatic heterocycles. The Morgan fingerprint density at radius 2 is 2.24 bits per heavy atom. The largest absolute Gasteiger partial charge is 0.392 e. The summed E-state index contributed by atoms with van der Waals surface area (Å²) in [6.45, 7) is 2.73. The van der Waals surface area contributed by atoms with Crippen molar-refractivity contribution in [2.75, 3.05) is 20.1 Å². The smallest absolute Gasteiger partial charge is 0.243 e. The molecule has 1 fully saturated rings. The number of β-amino-alcohol motifs (C(OH)–C–C–N with tert-alkyl or cyclic N) is 1. The van der Waals surface area contributed by atoms with Crippen molar-refractivity contribution >= 4 is 10.0 Å².